The fourth-order valence-electron chi connectivity index (χ4n) is 2.93. The topological polar surface area (TPSA) is 0 Å². The Balaban J connectivity index is 0.000000671. The third kappa shape index (κ3) is 3.94. The fraction of sp³-hybridized carbons (Fsp3) is 0.250. The quantitative estimate of drug-likeness (QED) is 0.333. The molecular weight excluding hydrogens is 288 g/mol. The lowest BCUT2D eigenvalue weighted by Gasteiger charge is -2.12. The Hall–Kier alpha value is -2.34. The largest absolute Gasteiger partial charge is 0.0991 e. The van der Waals surface area contributed by atoms with Gasteiger partial charge in [-0.05, 0) is 52.1 Å². The Morgan fingerprint density at radius 2 is 1.46 bits per heavy atom. The normalized spacial score (nSPS) is 10.1. The van der Waals surface area contributed by atoms with E-state index in [9.17, 15) is 0 Å². The van der Waals surface area contributed by atoms with Crippen molar-refractivity contribution in [2.24, 2.45) is 0 Å². The highest BCUT2D eigenvalue weighted by molar-refractivity contribution is 6.11. The van der Waals surface area contributed by atoms with Crippen LogP contribution in [0.15, 0.2) is 61.2 Å². The van der Waals surface area contributed by atoms with Crippen LogP contribution in [0.3, 0.4) is 0 Å². The zero-order valence-corrected chi connectivity index (χ0v) is 16.0. The van der Waals surface area contributed by atoms with Crippen LogP contribution < -0.4 is 0 Å². The molecule has 0 heterocycles. The van der Waals surface area contributed by atoms with E-state index in [4.69, 9.17) is 0 Å². The second-order valence-corrected chi connectivity index (χ2v) is 5.23. The molecule has 0 atom stereocenters. The van der Waals surface area contributed by atoms with Crippen LogP contribution in [-0.4, -0.2) is 0 Å². The molecule has 0 amide bonds. The molecule has 0 aliphatic carbocycles. The summed E-state index contributed by atoms with van der Waals surface area (Å²) in [6, 6.07) is 15.3. The summed E-state index contributed by atoms with van der Waals surface area (Å²) in [5, 5.41) is 5.30. The maximum Gasteiger partial charge on any atom is -0.00730 e. The van der Waals surface area contributed by atoms with E-state index in [0.29, 0.717) is 0 Å². The van der Waals surface area contributed by atoms with E-state index < -0.39 is 0 Å². The number of aryl methyl sites for hydroxylation is 2. The molecule has 3 rings (SSSR count). The predicted octanol–water partition coefficient (Wildman–Crippen LogP) is 7.86. The smallest absolute Gasteiger partial charge is 0.00730 e. The number of allylic oxidation sites excluding steroid dienone is 2. The third-order valence-electron chi connectivity index (χ3n) is 3.88. The van der Waals surface area contributed by atoms with Gasteiger partial charge in [0, 0.05) is 0 Å². The van der Waals surface area contributed by atoms with Gasteiger partial charge in [0.05, 0.1) is 0 Å². The van der Waals surface area contributed by atoms with Gasteiger partial charge >= 0.3 is 0 Å². The average Bonchev–Trinajstić information content (AvgIpc) is 2.64. The maximum absolute atomic E-state index is 3.77. The lowest BCUT2D eigenvalue weighted by Crippen LogP contribution is -1.89. The molecule has 0 unspecified atom stereocenters. The molecule has 0 bridgehead atoms. The van der Waals surface area contributed by atoms with E-state index in [1.54, 1.807) is 0 Å². The first kappa shape index (κ1) is 19.7. The van der Waals surface area contributed by atoms with Crippen LogP contribution in [0, 0.1) is 13.8 Å². The SMILES string of the molecule is C=C/C=C\c1c(C)ccc2c1c(C)cc1ccccc12.CC.CC. The minimum Gasteiger partial charge on any atom is -0.0991 e. The molecule has 24 heavy (non-hydrogen) atoms. The van der Waals surface area contributed by atoms with Crippen molar-refractivity contribution in [2.75, 3.05) is 0 Å². The van der Waals surface area contributed by atoms with E-state index in [1.165, 1.54) is 38.2 Å². The molecule has 0 N–H and O–H groups in total. The van der Waals surface area contributed by atoms with Crippen molar-refractivity contribution in [1.29, 1.82) is 0 Å². The number of rotatable bonds is 2. The van der Waals surface area contributed by atoms with Crippen molar-refractivity contribution < 1.29 is 0 Å². The van der Waals surface area contributed by atoms with Crippen molar-refractivity contribution >= 4 is 27.6 Å². The van der Waals surface area contributed by atoms with Gasteiger partial charge in [0.15, 0.2) is 0 Å². The minimum absolute atomic E-state index is 1.30. The van der Waals surface area contributed by atoms with Crippen LogP contribution in [0.2, 0.25) is 0 Å². The Kier molecular flexibility index (Phi) is 7.98. The van der Waals surface area contributed by atoms with Crippen molar-refractivity contribution in [3.05, 3.63) is 77.9 Å². The standard InChI is InChI=1S/C20H18.2C2H6/c1-4-5-9-17-14(2)11-12-19-18-10-7-6-8-16(18)13-15(3)20(17)19;2*1-2/h4-13H,1H2,2-3H3;2*1-2H3/b9-5-;;. The van der Waals surface area contributed by atoms with Crippen LogP contribution in [0.4, 0.5) is 0 Å². The summed E-state index contributed by atoms with van der Waals surface area (Å²) in [6.07, 6.45) is 6.00. The van der Waals surface area contributed by atoms with E-state index in [0.717, 1.165) is 0 Å². The summed E-state index contributed by atoms with van der Waals surface area (Å²) < 4.78 is 0. The van der Waals surface area contributed by atoms with Crippen LogP contribution in [-0.2, 0) is 0 Å². The predicted molar refractivity (Wildman–Crippen MR) is 113 cm³/mol. The fourth-order valence-corrected chi connectivity index (χ4v) is 2.93. The lowest BCUT2D eigenvalue weighted by atomic mass is 9.92. The van der Waals surface area contributed by atoms with Gasteiger partial charge in [-0.2, -0.15) is 0 Å². The number of fused-ring (bicyclic) bond motifs is 3. The highest BCUT2D eigenvalue weighted by Crippen LogP contribution is 2.33. The lowest BCUT2D eigenvalue weighted by molar-refractivity contribution is 1.46. The average molecular weight is 319 g/mol. The summed E-state index contributed by atoms with van der Waals surface area (Å²) in [5.41, 5.74) is 3.92. The Morgan fingerprint density at radius 3 is 2.12 bits per heavy atom. The van der Waals surface area contributed by atoms with E-state index in [2.05, 4.69) is 69.0 Å². The minimum atomic E-state index is 1.30. The van der Waals surface area contributed by atoms with Crippen molar-refractivity contribution in [2.45, 2.75) is 41.5 Å². The summed E-state index contributed by atoms with van der Waals surface area (Å²) >= 11 is 0. The van der Waals surface area contributed by atoms with Crippen LogP contribution >= 0.6 is 0 Å². The van der Waals surface area contributed by atoms with E-state index in [-0.39, 0.29) is 0 Å². The Labute approximate surface area is 147 Å². The molecule has 0 saturated heterocycles. The molecule has 0 aromatic heterocycles. The van der Waals surface area contributed by atoms with Crippen molar-refractivity contribution in [3.8, 4) is 0 Å². The molecule has 0 radical (unpaired) electrons. The van der Waals surface area contributed by atoms with Gasteiger partial charge in [-0.15, -0.1) is 0 Å². The number of benzene rings is 3. The van der Waals surface area contributed by atoms with Gasteiger partial charge in [-0.3, -0.25) is 0 Å². The molecule has 0 nitrogen and oxygen atoms in total. The van der Waals surface area contributed by atoms with Gasteiger partial charge in [-0.1, -0.05) is 95.0 Å². The number of hydrogen-bond acceptors (Lipinski definition) is 0. The molecule has 0 aliphatic heterocycles. The zero-order chi connectivity index (χ0) is 18.1. The maximum atomic E-state index is 3.77. The van der Waals surface area contributed by atoms with E-state index in [1.807, 2.05) is 39.8 Å². The summed E-state index contributed by atoms with van der Waals surface area (Å²) in [4.78, 5) is 0. The van der Waals surface area contributed by atoms with Gasteiger partial charge < -0.3 is 0 Å². The van der Waals surface area contributed by atoms with Crippen LogP contribution in [0.1, 0.15) is 44.4 Å². The van der Waals surface area contributed by atoms with Crippen molar-refractivity contribution in [3.63, 3.8) is 0 Å². The first-order valence-corrected chi connectivity index (χ1v) is 8.93. The highest BCUT2D eigenvalue weighted by Gasteiger charge is 2.08. The second-order valence-electron chi connectivity index (χ2n) is 5.23. The Bertz CT molecular complexity index is 835. The second kappa shape index (κ2) is 9.72. The van der Waals surface area contributed by atoms with Gasteiger partial charge in [0.25, 0.3) is 0 Å². The van der Waals surface area contributed by atoms with Crippen LogP contribution in [0.25, 0.3) is 27.6 Å². The van der Waals surface area contributed by atoms with Gasteiger partial charge in [0.2, 0.25) is 0 Å². The molecule has 0 saturated carbocycles. The summed E-state index contributed by atoms with van der Waals surface area (Å²) in [7, 11) is 0. The monoisotopic (exact) mass is 318 g/mol. The highest BCUT2D eigenvalue weighted by atomic mass is 14.1. The third-order valence-corrected chi connectivity index (χ3v) is 3.88. The summed E-state index contributed by atoms with van der Waals surface area (Å²) in [6.45, 7) is 16.1. The first-order chi connectivity index (χ1) is 11.7. The summed E-state index contributed by atoms with van der Waals surface area (Å²) in [5.74, 6) is 0. The molecular formula is C24H30. The van der Waals surface area contributed by atoms with E-state index >= 15 is 0 Å². The Morgan fingerprint density at radius 1 is 0.792 bits per heavy atom. The molecule has 126 valence electrons. The van der Waals surface area contributed by atoms with Gasteiger partial charge in [-0.25, -0.2) is 0 Å². The molecule has 0 aliphatic rings. The molecule has 3 aromatic carbocycles. The molecule has 0 spiro atoms. The molecule has 3 aromatic rings. The zero-order valence-electron chi connectivity index (χ0n) is 16.0. The van der Waals surface area contributed by atoms with Crippen molar-refractivity contribution in [1.82, 2.24) is 0 Å². The van der Waals surface area contributed by atoms with Crippen LogP contribution in [0.5, 0.6) is 0 Å². The first-order valence-electron chi connectivity index (χ1n) is 8.93. The molecule has 0 heteroatoms. The number of hydrogen-bond donors (Lipinski definition) is 0. The molecule has 0 fully saturated rings. The van der Waals surface area contributed by atoms with Gasteiger partial charge in [0.1, 0.15) is 0 Å².